The van der Waals surface area contributed by atoms with Crippen molar-refractivity contribution in [1.82, 2.24) is 24.4 Å². The highest BCUT2D eigenvalue weighted by atomic mass is 32.2. The topological polar surface area (TPSA) is 118 Å². The second-order valence-corrected chi connectivity index (χ2v) is 13.0. The van der Waals surface area contributed by atoms with Crippen molar-refractivity contribution in [2.75, 3.05) is 24.2 Å². The van der Waals surface area contributed by atoms with E-state index in [0.29, 0.717) is 12.1 Å². The van der Waals surface area contributed by atoms with E-state index in [1.165, 1.54) is 18.0 Å². The molecule has 0 saturated carbocycles. The Hall–Kier alpha value is -4.73. The van der Waals surface area contributed by atoms with Crippen LogP contribution in [0.25, 0.3) is 28.0 Å². The molecule has 4 heterocycles. The fourth-order valence-electron chi connectivity index (χ4n) is 5.84. The zero-order chi connectivity index (χ0) is 33.9. The van der Waals surface area contributed by atoms with E-state index in [4.69, 9.17) is 0 Å². The van der Waals surface area contributed by atoms with Gasteiger partial charge in [0, 0.05) is 37.6 Å². The Balaban J connectivity index is 1.91. The number of hydrogen-bond donors (Lipinski definition) is 0. The monoisotopic (exact) mass is 662 g/mol. The van der Waals surface area contributed by atoms with E-state index in [9.17, 15) is 31.2 Å². The largest absolute Gasteiger partial charge is 0.417 e. The summed E-state index contributed by atoms with van der Waals surface area (Å²) >= 11 is 0. The van der Waals surface area contributed by atoms with E-state index in [1.807, 2.05) is 0 Å². The number of halogens is 5. The molecule has 3 aromatic heterocycles. The van der Waals surface area contributed by atoms with Crippen LogP contribution in [-0.2, 0) is 20.8 Å². The van der Waals surface area contributed by atoms with Crippen molar-refractivity contribution in [3.8, 4) is 16.9 Å². The highest BCUT2D eigenvalue weighted by Gasteiger charge is 2.38. The Bertz CT molecular complexity index is 2070. The van der Waals surface area contributed by atoms with Crippen LogP contribution in [0.15, 0.2) is 58.9 Å². The SMILES string of the molecule is C=CC(=O)N1C[C@H](C)N(c2nc(=O)n(-c3c(S(C)(=O)=O)ccnc3C)c3nc(-c4c(F)cccc4C(F)(F)F)c(F)cc23)[C@@H](C)C1. The lowest BCUT2D eigenvalue weighted by molar-refractivity contribution is -0.137. The molecule has 0 spiro atoms. The number of sulfone groups is 1. The van der Waals surface area contributed by atoms with Crippen molar-refractivity contribution >= 4 is 32.6 Å². The molecule has 1 amide bonds. The first-order valence-corrected chi connectivity index (χ1v) is 15.7. The van der Waals surface area contributed by atoms with Gasteiger partial charge in [0.2, 0.25) is 5.91 Å². The molecule has 1 aliphatic rings. The number of rotatable bonds is 5. The number of aryl methyl sites for hydroxylation is 1. The Morgan fingerprint density at radius 2 is 1.72 bits per heavy atom. The van der Waals surface area contributed by atoms with Gasteiger partial charge in [0.05, 0.1) is 32.8 Å². The van der Waals surface area contributed by atoms with E-state index in [1.54, 1.807) is 18.7 Å². The standard InChI is InChI=1S/C30H27F5N6O4S/c1-6-23(42)39-13-15(2)40(16(3)14-39)28-18-12-21(32)25(24-19(30(33,34)35)8-7-9-20(24)31)37-27(18)41(29(43)38-28)26-17(4)36-11-10-22(26)46(5,44)45/h6-12,15-16H,1,13-14H2,2-5H3/t15-,16-/m0/s1. The van der Waals surface area contributed by atoms with E-state index >= 15 is 8.78 Å². The van der Waals surface area contributed by atoms with Crippen molar-refractivity contribution in [3.05, 3.63) is 82.6 Å². The average molecular weight is 663 g/mol. The van der Waals surface area contributed by atoms with Gasteiger partial charge in [-0.25, -0.2) is 31.5 Å². The van der Waals surface area contributed by atoms with Crippen LogP contribution in [0, 0.1) is 18.6 Å². The number of fused-ring (bicyclic) bond motifs is 1. The minimum absolute atomic E-state index is 0.00806. The van der Waals surface area contributed by atoms with E-state index in [0.717, 1.165) is 35.1 Å². The zero-order valence-electron chi connectivity index (χ0n) is 24.9. The quantitative estimate of drug-likeness (QED) is 0.227. The van der Waals surface area contributed by atoms with Gasteiger partial charge < -0.3 is 9.80 Å². The highest BCUT2D eigenvalue weighted by Crippen LogP contribution is 2.40. The lowest BCUT2D eigenvalue weighted by atomic mass is 10.0. The third kappa shape index (κ3) is 5.61. The number of nitrogens with zero attached hydrogens (tertiary/aromatic N) is 6. The number of amides is 1. The Morgan fingerprint density at radius 1 is 1.07 bits per heavy atom. The lowest BCUT2D eigenvalue weighted by Gasteiger charge is -2.45. The third-order valence-corrected chi connectivity index (χ3v) is 8.83. The molecule has 1 aliphatic heterocycles. The molecule has 2 atom stereocenters. The van der Waals surface area contributed by atoms with Crippen molar-refractivity contribution in [1.29, 1.82) is 0 Å². The molecule has 0 aliphatic carbocycles. The Kier molecular flexibility index (Phi) is 8.21. The number of hydrogen-bond acceptors (Lipinski definition) is 8. The molecule has 1 fully saturated rings. The maximum atomic E-state index is 16.0. The summed E-state index contributed by atoms with van der Waals surface area (Å²) in [6.07, 6.45) is -1.90. The van der Waals surface area contributed by atoms with Crippen LogP contribution >= 0.6 is 0 Å². The molecule has 0 N–H and O–H groups in total. The molecule has 1 aromatic carbocycles. The van der Waals surface area contributed by atoms with Gasteiger partial charge in [-0.3, -0.25) is 9.78 Å². The average Bonchev–Trinajstić information content (AvgIpc) is 2.95. The number of benzene rings is 1. The molecule has 5 rings (SSSR count). The van der Waals surface area contributed by atoms with Crippen molar-refractivity contribution in [2.24, 2.45) is 0 Å². The predicted molar refractivity (Wildman–Crippen MR) is 159 cm³/mol. The van der Waals surface area contributed by atoms with Gasteiger partial charge in [-0.15, -0.1) is 0 Å². The molecule has 16 heteroatoms. The molecule has 0 radical (unpaired) electrons. The van der Waals surface area contributed by atoms with Crippen LogP contribution in [-0.4, -0.2) is 70.2 Å². The molecule has 0 bridgehead atoms. The van der Waals surface area contributed by atoms with Crippen LogP contribution in [0.1, 0.15) is 25.1 Å². The van der Waals surface area contributed by atoms with Gasteiger partial charge >= 0.3 is 11.9 Å². The Morgan fingerprint density at radius 3 is 2.30 bits per heavy atom. The fourth-order valence-corrected chi connectivity index (χ4v) is 6.73. The zero-order valence-corrected chi connectivity index (χ0v) is 25.7. The first kappa shape index (κ1) is 32.7. The van der Waals surface area contributed by atoms with Crippen molar-refractivity contribution < 1.29 is 35.2 Å². The molecule has 1 saturated heterocycles. The summed E-state index contributed by atoms with van der Waals surface area (Å²) in [5, 5.41) is -0.185. The summed E-state index contributed by atoms with van der Waals surface area (Å²) in [6, 6.07) is 2.96. The minimum Gasteiger partial charge on any atom is -0.347 e. The number of alkyl halides is 3. The van der Waals surface area contributed by atoms with Crippen LogP contribution in [0.2, 0.25) is 0 Å². The molecule has 4 aromatic rings. The van der Waals surface area contributed by atoms with Crippen LogP contribution in [0.5, 0.6) is 0 Å². The van der Waals surface area contributed by atoms with Gasteiger partial charge in [-0.1, -0.05) is 12.6 Å². The molecular formula is C30H27F5N6O4S. The summed E-state index contributed by atoms with van der Waals surface area (Å²) in [4.78, 5) is 41.5. The lowest BCUT2D eigenvalue weighted by Crippen LogP contribution is -2.58. The summed E-state index contributed by atoms with van der Waals surface area (Å²) in [6.45, 7) is 8.63. The summed E-state index contributed by atoms with van der Waals surface area (Å²) < 4.78 is 99.5. The first-order valence-electron chi connectivity index (χ1n) is 13.8. The second-order valence-electron chi connectivity index (χ2n) is 11.0. The van der Waals surface area contributed by atoms with E-state index < -0.39 is 67.9 Å². The third-order valence-electron chi connectivity index (χ3n) is 7.70. The van der Waals surface area contributed by atoms with Crippen LogP contribution in [0.3, 0.4) is 0 Å². The van der Waals surface area contributed by atoms with Gasteiger partial charge in [0.15, 0.2) is 21.3 Å². The number of carbonyl (C=O) groups excluding carboxylic acids is 1. The fraction of sp³-hybridized carbons (Fsp3) is 0.300. The molecule has 10 nitrogen and oxygen atoms in total. The molecule has 242 valence electrons. The van der Waals surface area contributed by atoms with E-state index in [2.05, 4.69) is 21.5 Å². The second kappa shape index (κ2) is 11.6. The number of pyridine rings is 2. The maximum absolute atomic E-state index is 16.0. The summed E-state index contributed by atoms with van der Waals surface area (Å²) in [7, 11) is -4.05. The van der Waals surface area contributed by atoms with Gasteiger partial charge in [0.25, 0.3) is 0 Å². The van der Waals surface area contributed by atoms with Gasteiger partial charge in [-0.05, 0) is 51.1 Å². The number of piperazine rings is 1. The van der Waals surface area contributed by atoms with Crippen LogP contribution in [0.4, 0.5) is 27.8 Å². The predicted octanol–water partition coefficient (Wildman–Crippen LogP) is 4.46. The molecular weight excluding hydrogens is 635 g/mol. The summed E-state index contributed by atoms with van der Waals surface area (Å²) in [5.74, 6) is -3.24. The number of aromatic nitrogens is 4. The minimum atomic E-state index is -5.11. The summed E-state index contributed by atoms with van der Waals surface area (Å²) in [5.41, 5.74) is -5.68. The normalized spacial score (nSPS) is 17.4. The molecule has 0 unspecified atom stereocenters. The van der Waals surface area contributed by atoms with Crippen molar-refractivity contribution in [3.63, 3.8) is 0 Å². The smallest absolute Gasteiger partial charge is 0.347 e. The first-order chi connectivity index (χ1) is 21.4. The van der Waals surface area contributed by atoms with E-state index in [-0.39, 0.29) is 46.5 Å². The van der Waals surface area contributed by atoms with Crippen molar-refractivity contribution in [2.45, 2.75) is 43.9 Å². The van der Waals surface area contributed by atoms with Crippen LogP contribution < -0.4 is 10.6 Å². The van der Waals surface area contributed by atoms with Gasteiger partial charge in [-0.2, -0.15) is 18.2 Å². The number of anilines is 1. The maximum Gasteiger partial charge on any atom is 0.417 e. The highest BCUT2D eigenvalue weighted by molar-refractivity contribution is 7.90. The molecule has 46 heavy (non-hydrogen) atoms. The Labute approximate surface area is 259 Å². The number of carbonyl (C=O) groups is 1. The van der Waals surface area contributed by atoms with Gasteiger partial charge in [0.1, 0.15) is 17.3 Å².